The number of amides is 1. The van der Waals surface area contributed by atoms with E-state index in [-0.39, 0.29) is 11.9 Å². The summed E-state index contributed by atoms with van der Waals surface area (Å²) in [7, 11) is 0. The lowest BCUT2D eigenvalue weighted by Crippen LogP contribution is -2.37. The van der Waals surface area contributed by atoms with Crippen molar-refractivity contribution in [2.24, 2.45) is 0 Å². The molecule has 0 aliphatic heterocycles. The third-order valence-electron chi connectivity index (χ3n) is 3.84. The quantitative estimate of drug-likeness (QED) is 0.666. The van der Waals surface area contributed by atoms with Gasteiger partial charge in [0.15, 0.2) is 0 Å². The molecular weight excluding hydrogens is 344 g/mol. The van der Waals surface area contributed by atoms with Crippen molar-refractivity contribution in [2.75, 3.05) is 0 Å². The number of nitrogens with zero attached hydrogens (tertiary/aromatic N) is 2. The van der Waals surface area contributed by atoms with E-state index < -0.39 is 0 Å². The van der Waals surface area contributed by atoms with Crippen molar-refractivity contribution in [2.45, 2.75) is 52.8 Å². The van der Waals surface area contributed by atoms with Gasteiger partial charge in [0, 0.05) is 22.9 Å². The SMILES string of the molecule is CCC(=O)N(Cc1csc(COc2cccc(Cl)c2)n1)[C@H](C)CC. The smallest absolute Gasteiger partial charge is 0.222 e. The lowest BCUT2D eigenvalue weighted by Gasteiger charge is -2.27. The molecule has 0 unspecified atom stereocenters. The zero-order valence-electron chi connectivity index (χ0n) is 14.3. The summed E-state index contributed by atoms with van der Waals surface area (Å²) in [5.74, 6) is 0.885. The van der Waals surface area contributed by atoms with Crippen LogP contribution in [0, 0.1) is 0 Å². The molecule has 1 aromatic carbocycles. The molecule has 24 heavy (non-hydrogen) atoms. The fourth-order valence-electron chi connectivity index (χ4n) is 2.28. The lowest BCUT2D eigenvalue weighted by atomic mass is 10.2. The van der Waals surface area contributed by atoms with Crippen LogP contribution in [0.5, 0.6) is 5.75 Å². The fourth-order valence-corrected chi connectivity index (χ4v) is 3.15. The van der Waals surface area contributed by atoms with Gasteiger partial charge in [-0.05, 0) is 31.5 Å². The zero-order chi connectivity index (χ0) is 17.5. The highest BCUT2D eigenvalue weighted by molar-refractivity contribution is 7.09. The molecule has 0 aliphatic carbocycles. The van der Waals surface area contributed by atoms with Gasteiger partial charge in [0.1, 0.15) is 17.4 Å². The lowest BCUT2D eigenvalue weighted by molar-refractivity contribution is -0.133. The molecule has 2 rings (SSSR count). The van der Waals surface area contributed by atoms with Crippen LogP contribution in [0.2, 0.25) is 5.02 Å². The topological polar surface area (TPSA) is 42.4 Å². The maximum Gasteiger partial charge on any atom is 0.222 e. The Kier molecular flexibility index (Phi) is 7.06. The molecule has 1 heterocycles. The van der Waals surface area contributed by atoms with Gasteiger partial charge in [-0.1, -0.05) is 31.5 Å². The van der Waals surface area contributed by atoms with Crippen molar-refractivity contribution in [3.8, 4) is 5.75 Å². The van der Waals surface area contributed by atoms with Crippen LogP contribution >= 0.6 is 22.9 Å². The number of hydrogen-bond donors (Lipinski definition) is 0. The molecule has 4 nitrogen and oxygen atoms in total. The summed E-state index contributed by atoms with van der Waals surface area (Å²) in [6.45, 7) is 7.00. The van der Waals surface area contributed by atoms with Crippen LogP contribution in [-0.4, -0.2) is 21.8 Å². The van der Waals surface area contributed by atoms with E-state index in [0.717, 1.165) is 22.9 Å². The van der Waals surface area contributed by atoms with Crippen LogP contribution in [0.3, 0.4) is 0 Å². The maximum atomic E-state index is 12.1. The Hall–Kier alpha value is -1.59. The number of thiazole rings is 1. The first-order valence-electron chi connectivity index (χ1n) is 8.14. The number of halogens is 1. The number of benzene rings is 1. The van der Waals surface area contributed by atoms with Crippen molar-refractivity contribution in [1.82, 2.24) is 9.88 Å². The molecule has 0 radical (unpaired) electrons. The molecule has 0 spiro atoms. The molecule has 1 atom stereocenters. The summed E-state index contributed by atoms with van der Waals surface area (Å²) in [6.07, 6.45) is 1.44. The third-order valence-corrected chi connectivity index (χ3v) is 4.94. The predicted molar refractivity (Wildman–Crippen MR) is 98.5 cm³/mol. The molecule has 0 saturated heterocycles. The van der Waals surface area contributed by atoms with Crippen LogP contribution in [-0.2, 0) is 17.9 Å². The Morgan fingerprint density at radius 3 is 2.88 bits per heavy atom. The summed E-state index contributed by atoms with van der Waals surface area (Å²) in [6, 6.07) is 7.52. The average Bonchev–Trinajstić information content (AvgIpc) is 3.04. The molecule has 0 saturated carbocycles. The van der Waals surface area contributed by atoms with Crippen molar-refractivity contribution < 1.29 is 9.53 Å². The normalized spacial score (nSPS) is 12.0. The molecule has 1 aromatic heterocycles. The largest absolute Gasteiger partial charge is 0.486 e. The van der Waals surface area contributed by atoms with Crippen LogP contribution in [0.15, 0.2) is 29.6 Å². The molecule has 130 valence electrons. The zero-order valence-corrected chi connectivity index (χ0v) is 15.9. The summed E-state index contributed by atoms with van der Waals surface area (Å²) < 4.78 is 5.71. The first kappa shape index (κ1) is 18.7. The minimum Gasteiger partial charge on any atom is -0.486 e. The van der Waals surface area contributed by atoms with Gasteiger partial charge in [0.2, 0.25) is 5.91 Å². The summed E-state index contributed by atoms with van der Waals surface area (Å²) in [5, 5.41) is 3.53. The van der Waals surface area contributed by atoms with E-state index in [1.807, 2.05) is 35.4 Å². The van der Waals surface area contributed by atoms with Crippen LogP contribution in [0.1, 0.15) is 44.3 Å². The second-order valence-corrected chi connectivity index (χ2v) is 6.99. The van der Waals surface area contributed by atoms with Crippen LogP contribution in [0.25, 0.3) is 0 Å². The van der Waals surface area contributed by atoms with Gasteiger partial charge in [-0.25, -0.2) is 4.98 Å². The molecule has 1 amide bonds. The van der Waals surface area contributed by atoms with Gasteiger partial charge in [0.05, 0.1) is 12.2 Å². The number of hydrogen-bond acceptors (Lipinski definition) is 4. The van der Waals surface area contributed by atoms with E-state index in [9.17, 15) is 4.79 Å². The Bertz CT molecular complexity index is 675. The van der Waals surface area contributed by atoms with E-state index in [1.165, 1.54) is 0 Å². The standard InChI is InChI=1S/C18H23ClN2O2S/c1-4-13(3)21(18(22)5-2)10-15-12-24-17(20-15)11-23-16-8-6-7-14(19)9-16/h6-9,12-13H,4-5,10-11H2,1-3H3/t13-/m1/s1. The Morgan fingerprint density at radius 2 is 2.21 bits per heavy atom. The van der Waals surface area contributed by atoms with Gasteiger partial charge in [-0.15, -0.1) is 11.3 Å². The number of carbonyl (C=O) groups excluding carboxylic acids is 1. The minimum absolute atomic E-state index is 0.161. The van der Waals surface area contributed by atoms with E-state index in [4.69, 9.17) is 16.3 Å². The second kappa shape index (κ2) is 9.04. The van der Waals surface area contributed by atoms with Gasteiger partial charge >= 0.3 is 0 Å². The highest BCUT2D eigenvalue weighted by Gasteiger charge is 2.19. The Balaban J connectivity index is 1.97. The van der Waals surface area contributed by atoms with Crippen molar-refractivity contribution in [1.29, 1.82) is 0 Å². The molecule has 0 aliphatic rings. The average molecular weight is 367 g/mol. The molecule has 6 heteroatoms. The highest BCUT2D eigenvalue weighted by Crippen LogP contribution is 2.20. The van der Waals surface area contributed by atoms with Gasteiger partial charge in [-0.3, -0.25) is 4.79 Å². The molecular formula is C18H23ClN2O2S. The summed E-state index contributed by atoms with van der Waals surface area (Å²) >= 11 is 7.49. The Morgan fingerprint density at radius 1 is 1.42 bits per heavy atom. The number of ether oxygens (including phenoxy) is 1. The molecule has 0 N–H and O–H groups in total. The van der Waals surface area contributed by atoms with Crippen molar-refractivity contribution >= 4 is 28.8 Å². The minimum atomic E-state index is 0.161. The number of rotatable bonds is 8. The maximum absolute atomic E-state index is 12.1. The summed E-state index contributed by atoms with van der Waals surface area (Å²) in [4.78, 5) is 18.6. The van der Waals surface area contributed by atoms with E-state index >= 15 is 0 Å². The summed E-state index contributed by atoms with van der Waals surface area (Å²) in [5.41, 5.74) is 0.909. The van der Waals surface area contributed by atoms with E-state index in [1.54, 1.807) is 17.4 Å². The van der Waals surface area contributed by atoms with E-state index in [0.29, 0.717) is 24.6 Å². The Labute approximate surface area is 152 Å². The number of aromatic nitrogens is 1. The van der Waals surface area contributed by atoms with Gasteiger partial charge in [0.25, 0.3) is 0 Å². The third kappa shape index (κ3) is 5.21. The van der Waals surface area contributed by atoms with Gasteiger partial charge < -0.3 is 9.64 Å². The first-order chi connectivity index (χ1) is 11.5. The fraction of sp³-hybridized carbons (Fsp3) is 0.444. The molecule has 2 aromatic rings. The van der Waals surface area contributed by atoms with Crippen LogP contribution < -0.4 is 4.74 Å². The van der Waals surface area contributed by atoms with Gasteiger partial charge in [-0.2, -0.15) is 0 Å². The highest BCUT2D eigenvalue weighted by atomic mass is 35.5. The molecule has 0 bridgehead atoms. The number of carbonyl (C=O) groups is 1. The molecule has 0 fully saturated rings. The monoisotopic (exact) mass is 366 g/mol. The first-order valence-corrected chi connectivity index (χ1v) is 9.40. The van der Waals surface area contributed by atoms with Crippen LogP contribution in [0.4, 0.5) is 0 Å². The van der Waals surface area contributed by atoms with E-state index in [2.05, 4.69) is 18.8 Å². The van der Waals surface area contributed by atoms with Crippen molar-refractivity contribution in [3.63, 3.8) is 0 Å². The van der Waals surface area contributed by atoms with Crippen molar-refractivity contribution in [3.05, 3.63) is 45.4 Å². The predicted octanol–water partition coefficient (Wildman–Crippen LogP) is 4.91. The second-order valence-electron chi connectivity index (χ2n) is 5.61.